The van der Waals surface area contributed by atoms with Crippen LogP contribution in [0.25, 0.3) is 5.57 Å². The van der Waals surface area contributed by atoms with Crippen LogP contribution in [0, 0.1) is 11.7 Å². The summed E-state index contributed by atoms with van der Waals surface area (Å²) in [5.74, 6) is -0.802. The van der Waals surface area contributed by atoms with Gasteiger partial charge in [-0.2, -0.15) is 0 Å². The molecule has 3 rings (SSSR count). The number of carbonyl (C=O) groups is 1. The molecular weight excluding hydrogens is 526 g/mol. The van der Waals surface area contributed by atoms with Crippen molar-refractivity contribution in [3.05, 3.63) is 71.2 Å². The number of nitrogens with zero attached hydrogens (tertiary/aromatic N) is 2. The summed E-state index contributed by atoms with van der Waals surface area (Å²) in [6, 6.07) is 11.4. The van der Waals surface area contributed by atoms with Gasteiger partial charge in [-0.25, -0.2) is 9.18 Å². The van der Waals surface area contributed by atoms with Gasteiger partial charge in [0.25, 0.3) is 0 Å². The Kier molecular flexibility index (Phi) is 9.77. The Hall–Kier alpha value is -3.30. The molecule has 198 valence electrons. The van der Waals surface area contributed by atoms with E-state index in [1.54, 1.807) is 37.3 Å². The maximum absolute atomic E-state index is 15.0. The lowest BCUT2D eigenvalue weighted by molar-refractivity contribution is -0.133. The van der Waals surface area contributed by atoms with E-state index in [9.17, 15) is 9.18 Å². The normalized spacial score (nSPS) is 17.2. The SMILES string of the molecule is CO/C=C(/C(=O)OC)c1ccccc1CO/N=C(C)/C(=N\OC)c1ccc(OCC2CC2(Cl)Cl)cc1F. The molecule has 37 heavy (non-hydrogen) atoms. The maximum Gasteiger partial charge on any atom is 0.341 e. The number of benzene rings is 2. The van der Waals surface area contributed by atoms with Crippen molar-refractivity contribution in [2.75, 3.05) is 27.9 Å². The highest BCUT2D eigenvalue weighted by Gasteiger charge is 2.52. The number of rotatable bonds is 12. The van der Waals surface area contributed by atoms with Gasteiger partial charge in [0.05, 0.1) is 27.1 Å². The number of ether oxygens (including phenoxy) is 3. The minimum Gasteiger partial charge on any atom is -0.503 e. The van der Waals surface area contributed by atoms with Crippen LogP contribution in [0.5, 0.6) is 5.75 Å². The van der Waals surface area contributed by atoms with Gasteiger partial charge in [0.1, 0.15) is 46.6 Å². The van der Waals surface area contributed by atoms with Crippen molar-refractivity contribution in [2.45, 2.75) is 24.3 Å². The third-order valence-corrected chi connectivity index (χ3v) is 6.42. The van der Waals surface area contributed by atoms with Gasteiger partial charge in [0, 0.05) is 23.1 Å². The fraction of sp³-hybridized carbons (Fsp3) is 0.346. The van der Waals surface area contributed by atoms with E-state index in [4.69, 9.17) is 47.1 Å². The molecule has 1 fully saturated rings. The van der Waals surface area contributed by atoms with Crippen molar-refractivity contribution in [3.8, 4) is 5.75 Å². The first kappa shape index (κ1) is 28.3. The maximum atomic E-state index is 15.0. The van der Waals surface area contributed by atoms with Gasteiger partial charge in [0.2, 0.25) is 0 Å². The fourth-order valence-corrected chi connectivity index (χ4v) is 3.93. The molecule has 1 aliphatic rings. The third kappa shape index (κ3) is 7.36. The number of methoxy groups -OCH3 is 2. The molecule has 0 radical (unpaired) electrons. The molecule has 0 bridgehead atoms. The first-order valence-electron chi connectivity index (χ1n) is 11.2. The summed E-state index contributed by atoms with van der Waals surface area (Å²) in [7, 11) is 4.06. The fourth-order valence-electron chi connectivity index (χ4n) is 3.43. The number of carbonyl (C=O) groups excluding carboxylic acids is 1. The second-order valence-corrected chi connectivity index (χ2v) is 9.65. The van der Waals surface area contributed by atoms with Gasteiger partial charge in [-0.15, -0.1) is 23.2 Å². The van der Waals surface area contributed by atoms with Crippen LogP contribution >= 0.6 is 23.2 Å². The molecule has 1 unspecified atom stereocenters. The van der Waals surface area contributed by atoms with E-state index in [0.717, 1.165) is 0 Å². The number of hydrogen-bond donors (Lipinski definition) is 0. The smallest absolute Gasteiger partial charge is 0.341 e. The molecule has 0 amide bonds. The Morgan fingerprint density at radius 2 is 1.86 bits per heavy atom. The Bertz CT molecular complexity index is 1220. The van der Waals surface area contributed by atoms with E-state index in [2.05, 4.69) is 10.3 Å². The van der Waals surface area contributed by atoms with Crippen LogP contribution in [-0.2, 0) is 30.6 Å². The minimum atomic E-state index is -0.772. The first-order valence-corrected chi connectivity index (χ1v) is 12.0. The zero-order valence-corrected chi connectivity index (χ0v) is 22.3. The van der Waals surface area contributed by atoms with Crippen molar-refractivity contribution in [1.29, 1.82) is 0 Å². The molecule has 0 saturated heterocycles. The van der Waals surface area contributed by atoms with Gasteiger partial charge in [-0.3, -0.25) is 0 Å². The molecule has 0 aromatic heterocycles. The highest BCUT2D eigenvalue weighted by atomic mass is 35.5. The lowest BCUT2D eigenvalue weighted by Gasteiger charge is -2.12. The molecule has 2 aromatic carbocycles. The van der Waals surface area contributed by atoms with Gasteiger partial charge < -0.3 is 23.9 Å². The average molecular weight is 553 g/mol. The number of esters is 1. The molecule has 11 heteroatoms. The van der Waals surface area contributed by atoms with Crippen LogP contribution in [0.3, 0.4) is 0 Å². The minimum absolute atomic E-state index is 0.00485. The standard InChI is InChI=1S/C26H27Cl2FN2O6/c1-16(30-37-13-17-7-5-6-8-20(17)22(15-33-2)25(32)34-3)24(31-35-4)21-10-9-19(11-23(21)29)36-14-18-12-26(18,27)28/h5-11,15,18H,12-14H2,1-4H3/b22-15+,30-16+,31-24+. The largest absolute Gasteiger partial charge is 0.503 e. The van der Waals surface area contributed by atoms with Crippen molar-refractivity contribution in [3.63, 3.8) is 0 Å². The molecule has 1 saturated carbocycles. The van der Waals surface area contributed by atoms with Crippen molar-refractivity contribution < 1.29 is 33.1 Å². The van der Waals surface area contributed by atoms with Crippen LogP contribution in [0.2, 0.25) is 0 Å². The summed E-state index contributed by atoms with van der Waals surface area (Å²) in [5.41, 5.74) is 1.98. The number of alkyl halides is 2. The van der Waals surface area contributed by atoms with E-state index in [0.29, 0.717) is 23.3 Å². The second-order valence-electron chi connectivity index (χ2n) is 8.10. The first-order chi connectivity index (χ1) is 17.7. The lowest BCUT2D eigenvalue weighted by Crippen LogP contribution is -2.15. The monoisotopic (exact) mass is 552 g/mol. The van der Waals surface area contributed by atoms with E-state index in [-0.39, 0.29) is 41.7 Å². The second kappa shape index (κ2) is 12.8. The van der Waals surface area contributed by atoms with E-state index < -0.39 is 16.1 Å². The van der Waals surface area contributed by atoms with Crippen LogP contribution in [0.4, 0.5) is 4.39 Å². The molecular formula is C26H27Cl2FN2O6. The van der Waals surface area contributed by atoms with Crippen molar-refractivity contribution in [2.24, 2.45) is 16.2 Å². The summed E-state index contributed by atoms with van der Waals surface area (Å²) >= 11 is 12.0. The predicted molar refractivity (Wildman–Crippen MR) is 139 cm³/mol. The zero-order valence-electron chi connectivity index (χ0n) is 20.8. The Labute approximate surface area is 224 Å². The molecule has 1 aliphatic carbocycles. The van der Waals surface area contributed by atoms with Crippen molar-refractivity contribution >= 4 is 46.2 Å². The quantitative estimate of drug-likeness (QED) is 0.0862. The molecule has 1 atom stereocenters. The summed E-state index contributed by atoms with van der Waals surface area (Å²) in [4.78, 5) is 22.6. The summed E-state index contributed by atoms with van der Waals surface area (Å²) in [5, 5.41) is 8.01. The molecule has 0 N–H and O–H groups in total. The highest BCUT2D eigenvalue weighted by Crippen LogP contribution is 2.53. The van der Waals surface area contributed by atoms with Crippen LogP contribution in [0.1, 0.15) is 30.0 Å². The molecule has 2 aromatic rings. The summed E-state index contributed by atoms with van der Waals surface area (Å²) in [6.07, 6.45) is 1.93. The Balaban J connectivity index is 1.74. The Morgan fingerprint density at radius 1 is 1.14 bits per heavy atom. The van der Waals surface area contributed by atoms with Gasteiger partial charge in [-0.1, -0.05) is 34.6 Å². The predicted octanol–water partition coefficient (Wildman–Crippen LogP) is 5.50. The topological polar surface area (TPSA) is 87.9 Å². The Morgan fingerprint density at radius 3 is 2.49 bits per heavy atom. The van der Waals surface area contributed by atoms with E-state index in [1.165, 1.54) is 39.7 Å². The summed E-state index contributed by atoms with van der Waals surface area (Å²) in [6.45, 7) is 1.90. The zero-order chi connectivity index (χ0) is 27.0. The van der Waals surface area contributed by atoms with Crippen LogP contribution < -0.4 is 4.74 Å². The van der Waals surface area contributed by atoms with Crippen LogP contribution in [-0.4, -0.2) is 49.7 Å². The molecule has 0 heterocycles. The van der Waals surface area contributed by atoms with Crippen molar-refractivity contribution in [1.82, 2.24) is 0 Å². The number of hydrogen-bond acceptors (Lipinski definition) is 8. The number of halogens is 3. The molecule has 0 spiro atoms. The number of oxime groups is 2. The molecule has 8 nitrogen and oxygen atoms in total. The van der Waals surface area contributed by atoms with Gasteiger partial charge >= 0.3 is 5.97 Å². The summed E-state index contributed by atoms with van der Waals surface area (Å²) < 4.78 is 29.7. The third-order valence-electron chi connectivity index (χ3n) is 5.50. The van der Waals surface area contributed by atoms with Crippen LogP contribution in [0.15, 0.2) is 59.0 Å². The van der Waals surface area contributed by atoms with Gasteiger partial charge in [0.15, 0.2) is 0 Å². The highest BCUT2D eigenvalue weighted by molar-refractivity contribution is 6.50. The van der Waals surface area contributed by atoms with E-state index >= 15 is 0 Å². The average Bonchev–Trinajstić information content (AvgIpc) is 3.51. The van der Waals surface area contributed by atoms with Gasteiger partial charge in [-0.05, 0) is 31.0 Å². The van der Waals surface area contributed by atoms with E-state index in [1.807, 2.05) is 0 Å². The molecule has 0 aliphatic heterocycles. The lowest BCUT2D eigenvalue weighted by atomic mass is 10.0.